The molecule has 35 heavy (non-hydrogen) atoms. The van der Waals surface area contributed by atoms with Gasteiger partial charge in [0.25, 0.3) is 0 Å². The molecule has 0 aromatic heterocycles. The Balaban J connectivity index is 1.49. The molecule has 4 aliphatic heterocycles. The molecule has 3 N–H and O–H groups in total. The number of piperidine rings is 2. The second kappa shape index (κ2) is 6.94. The Hall–Kier alpha value is -1.80. The minimum Gasteiger partial charge on any atom is -0.387 e. The molecule has 0 bridgehead atoms. The molecular formula is C28H39N3O4. The Morgan fingerprint density at radius 2 is 1.94 bits per heavy atom. The highest BCUT2D eigenvalue weighted by molar-refractivity contribution is 6.15. The van der Waals surface area contributed by atoms with Crippen LogP contribution in [0.5, 0.6) is 0 Å². The predicted octanol–water partition coefficient (Wildman–Crippen LogP) is 3.00. The maximum Gasteiger partial charge on any atom is 0.235 e. The van der Waals surface area contributed by atoms with Crippen LogP contribution in [0.1, 0.15) is 82.6 Å². The van der Waals surface area contributed by atoms with Gasteiger partial charge in [-0.1, -0.05) is 32.4 Å². The number of carbonyl (C=O) groups is 2. The van der Waals surface area contributed by atoms with Crippen LogP contribution in [0.25, 0.3) is 0 Å². The van der Waals surface area contributed by atoms with Crippen molar-refractivity contribution in [2.45, 2.75) is 107 Å². The van der Waals surface area contributed by atoms with Crippen molar-refractivity contribution in [1.29, 1.82) is 0 Å². The molecule has 1 aromatic rings. The Morgan fingerprint density at radius 3 is 2.60 bits per heavy atom. The zero-order valence-electron chi connectivity index (χ0n) is 21.8. The molecule has 3 saturated heterocycles. The number of rotatable bonds is 3. The van der Waals surface area contributed by atoms with E-state index in [9.17, 15) is 14.7 Å². The minimum atomic E-state index is -1.09. The maximum absolute atomic E-state index is 14.1. The lowest BCUT2D eigenvalue weighted by molar-refractivity contribution is -0.171. The largest absolute Gasteiger partial charge is 0.387 e. The number of nitrogens with one attached hydrogen (secondary N) is 2. The Morgan fingerprint density at radius 1 is 1.23 bits per heavy atom. The van der Waals surface area contributed by atoms with Crippen molar-refractivity contribution in [1.82, 2.24) is 10.2 Å². The Kier molecular flexibility index (Phi) is 4.68. The number of Topliss-reactive ketones (excluding diaryl/α,β-unsaturated/α-hetero) is 1. The highest BCUT2D eigenvalue weighted by Gasteiger charge is 2.79. The van der Waals surface area contributed by atoms with Gasteiger partial charge in [-0.2, -0.15) is 0 Å². The molecule has 6 atom stereocenters. The lowest BCUT2D eigenvalue weighted by Gasteiger charge is -2.59. The van der Waals surface area contributed by atoms with Crippen molar-refractivity contribution in [2.75, 3.05) is 18.9 Å². The topological polar surface area (TPSA) is 94.2 Å². The van der Waals surface area contributed by atoms with Crippen molar-refractivity contribution < 1.29 is 19.4 Å². The van der Waals surface area contributed by atoms with E-state index in [-0.39, 0.29) is 11.7 Å². The van der Waals surface area contributed by atoms with Gasteiger partial charge in [-0.25, -0.2) is 0 Å². The number of benzene rings is 1. The molecule has 1 amide bonds. The molecule has 0 radical (unpaired) electrons. The number of nitrogens with zero attached hydrogens (tertiary/aromatic N) is 1. The number of fused-ring (bicyclic) bond motifs is 4. The fourth-order valence-electron chi connectivity index (χ4n) is 8.45. The van der Waals surface area contributed by atoms with Gasteiger partial charge in [0.15, 0.2) is 5.78 Å². The van der Waals surface area contributed by atoms with Crippen molar-refractivity contribution in [3.05, 3.63) is 29.3 Å². The van der Waals surface area contributed by atoms with Gasteiger partial charge in [-0.3, -0.25) is 14.5 Å². The summed E-state index contributed by atoms with van der Waals surface area (Å²) in [4.78, 5) is 30.0. The Labute approximate surface area is 208 Å². The predicted molar refractivity (Wildman–Crippen MR) is 134 cm³/mol. The highest BCUT2D eigenvalue weighted by Crippen LogP contribution is 2.69. The van der Waals surface area contributed by atoms with Gasteiger partial charge in [-0.05, 0) is 65.1 Å². The molecular weight excluding hydrogens is 442 g/mol. The standard InChI is InChI=1S/C28H39N3O4/c1-16-9-7-10-17-13-28(34)25(4,5)27(14-26(28,29-6)15-31(16)17)19-12-8-11-18(20(19)30-23(27)33)21(32)22-24(2,3)35-22/h8,11-12,16-17,22,29,34H,7,9-10,13-15H2,1-6H3,(H,30,33)/t16-,17+,22-,26+,27-,28-/m1/s1. The van der Waals surface area contributed by atoms with Crippen molar-refractivity contribution >= 4 is 17.4 Å². The molecule has 4 heterocycles. The molecule has 7 heteroatoms. The van der Waals surface area contributed by atoms with Gasteiger partial charge in [0.1, 0.15) is 6.10 Å². The zero-order valence-corrected chi connectivity index (χ0v) is 21.8. The third-order valence-electron chi connectivity index (χ3n) is 10.8. The van der Waals surface area contributed by atoms with Crippen LogP contribution >= 0.6 is 0 Å². The zero-order chi connectivity index (χ0) is 25.2. The molecule has 1 saturated carbocycles. The molecule has 5 aliphatic rings. The third-order valence-corrected chi connectivity index (χ3v) is 10.8. The fraction of sp³-hybridized carbons (Fsp3) is 0.714. The smallest absolute Gasteiger partial charge is 0.235 e. The second-order valence-electron chi connectivity index (χ2n) is 12.9. The summed E-state index contributed by atoms with van der Waals surface area (Å²) in [7, 11) is 1.93. The van der Waals surface area contributed by atoms with Gasteiger partial charge in [-0.15, -0.1) is 0 Å². The summed E-state index contributed by atoms with van der Waals surface area (Å²) in [5, 5.41) is 19.3. The summed E-state index contributed by atoms with van der Waals surface area (Å²) in [5.74, 6) is -0.206. The van der Waals surface area contributed by atoms with Crippen LogP contribution < -0.4 is 10.6 Å². The number of ketones is 1. The van der Waals surface area contributed by atoms with E-state index in [1.165, 1.54) is 6.42 Å². The fourth-order valence-corrected chi connectivity index (χ4v) is 8.45. The number of ether oxygens (including phenoxy) is 1. The van der Waals surface area contributed by atoms with Crippen LogP contribution in [-0.4, -0.2) is 70.2 Å². The van der Waals surface area contributed by atoms with Crippen LogP contribution in [0.3, 0.4) is 0 Å². The van der Waals surface area contributed by atoms with Gasteiger partial charge >= 0.3 is 0 Å². The molecule has 1 aliphatic carbocycles. The number of hydrogen-bond acceptors (Lipinski definition) is 6. The quantitative estimate of drug-likeness (QED) is 0.454. The minimum absolute atomic E-state index is 0.0922. The van der Waals surface area contributed by atoms with Crippen molar-refractivity contribution in [3.63, 3.8) is 0 Å². The van der Waals surface area contributed by atoms with E-state index < -0.39 is 33.7 Å². The molecule has 1 aromatic carbocycles. The second-order valence-corrected chi connectivity index (χ2v) is 12.9. The lowest BCUT2D eigenvalue weighted by Crippen LogP contribution is -2.74. The first-order valence-electron chi connectivity index (χ1n) is 13.2. The van der Waals surface area contributed by atoms with E-state index >= 15 is 0 Å². The first-order valence-corrected chi connectivity index (χ1v) is 13.2. The number of hydrogen-bond donors (Lipinski definition) is 3. The van der Waals surface area contributed by atoms with Crippen LogP contribution in [-0.2, 0) is 14.9 Å². The van der Waals surface area contributed by atoms with E-state index in [4.69, 9.17) is 4.74 Å². The SMILES string of the molecule is CN[C@@]12CN3[C@@H](CCC[C@H]3C)C[C@@]1(O)C(C)(C)[C@@]1(C2)C(=O)Nc2c(C(=O)[C@H]3OC3(C)C)cccc21. The molecule has 0 unspecified atom stereocenters. The summed E-state index contributed by atoms with van der Waals surface area (Å²) in [6.45, 7) is 10.9. The van der Waals surface area contributed by atoms with Crippen LogP contribution in [0, 0.1) is 5.41 Å². The molecule has 6 rings (SSSR count). The summed E-state index contributed by atoms with van der Waals surface area (Å²) in [6, 6.07) is 6.41. The summed E-state index contributed by atoms with van der Waals surface area (Å²) < 4.78 is 5.64. The normalized spacial score (nSPS) is 42.8. The maximum atomic E-state index is 14.1. The summed E-state index contributed by atoms with van der Waals surface area (Å²) in [5.41, 5.74) is -1.98. The van der Waals surface area contributed by atoms with E-state index in [1.807, 2.05) is 33.0 Å². The van der Waals surface area contributed by atoms with Crippen LogP contribution in [0.4, 0.5) is 5.69 Å². The van der Waals surface area contributed by atoms with E-state index in [2.05, 4.69) is 36.3 Å². The van der Waals surface area contributed by atoms with E-state index in [0.29, 0.717) is 42.7 Å². The number of likely N-dealkylation sites (N-methyl/N-ethyl adjacent to an activating group) is 1. The van der Waals surface area contributed by atoms with Gasteiger partial charge in [0, 0.05) is 29.6 Å². The van der Waals surface area contributed by atoms with Crippen molar-refractivity contribution in [2.24, 2.45) is 5.41 Å². The van der Waals surface area contributed by atoms with Crippen LogP contribution in [0.2, 0.25) is 0 Å². The molecule has 4 fully saturated rings. The van der Waals surface area contributed by atoms with Gasteiger partial charge < -0.3 is 20.5 Å². The Bertz CT molecular complexity index is 1130. The third kappa shape index (κ3) is 2.65. The van der Waals surface area contributed by atoms with E-state index in [1.54, 1.807) is 6.07 Å². The number of aliphatic hydroxyl groups is 1. The number of anilines is 1. The van der Waals surface area contributed by atoms with Crippen molar-refractivity contribution in [3.8, 4) is 0 Å². The number of carbonyl (C=O) groups excluding carboxylic acids is 2. The first kappa shape index (κ1) is 23.6. The average Bonchev–Trinajstić information content (AvgIpc) is 3.29. The molecule has 190 valence electrons. The monoisotopic (exact) mass is 481 g/mol. The number of amides is 1. The van der Waals surface area contributed by atoms with E-state index in [0.717, 1.165) is 18.4 Å². The average molecular weight is 482 g/mol. The first-order chi connectivity index (χ1) is 16.4. The highest BCUT2D eigenvalue weighted by atomic mass is 16.6. The van der Waals surface area contributed by atoms with Gasteiger partial charge in [0.05, 0.1) is 27.8 Å². The summed E-state index contributed by atoms with van der Waals surface area (Å²) >= 11 is 0. The van der Waals surface area contributed by atoms with Crippen LogP contribution in [0.15, 0.2) is 18.2 Å². The lowest BCUT2D eigenvalue weighted by atomic mass is 9.57. The number of para-hydroxylation sites is 1. The summed E-state index contributed by atoms with van der Waals surface area (Å²) in [6.07, 6.45) is 4.04. The van der Waals surface area contributed by atoms with Gasteiger partial charge in [0.2, 0.25) is 5.91 Å². The number of epoxide rings is 1. The molecule has 1 spiro atoms. The molecule has 7 nitrogen and oxygen atoms in total.